The van der Waals surface area contributed by atoms with E-state index in [0.29, 0.717) is 38.2 Å². The van der Waals surface area contributed by atoms with Crippen molar-refractivity contribution in [1.82, 2.24) is 30.0 Å². The Morgan fingerprint density at radius 3 is 1.50 bits per heavy atom. The van der Waals surface area contributed by atoms with E-state index in [-0.39, 0.29) is 11.8 Å². The molecule has 3 aromatic carbocycles. The first-order valence-electron chi connectivity index (χ1n) is 16.5. The van der Waals surface area contributed by atoms with Crippen LogP contribution in [0, 0.1) is 18.8 Å². The molecule has 244 valence electrons. The van der Waals surface area contributed by atoms with Gasteiger partial charge in [-0.25, -0.2) is 9.36 Å². The van der Waals surface area contributed by atoms with Gasteiger partial charge in [0.15, 0.2) is 0 Å². The van der Waals surface area contributed by atoms with Crippen LogP contribution in [-0.2, 0) is 29.2 Å². The fourth-order valence-electron chi connectivity index (χ4n) is 5.58. The SMILES string of the molecule is CCOCCn1cc(C(c2ccccc2)C(C)C)nn1.Cc1ccc(COCCn2cc(C(c3ccccc3)C(C)C)nn2)cc1. The lowest BCUT2D eigenvalue weighted by Crippen LogP contribution is -2.09. The zero-order chi connectivity index (χ0) is 32.7. The van der Waals surface area contributed by atoms with E-state index >= 15 is 0 Å². The number of hydrogen-bond donors (Lipinski definition) is 0. The van der Waals surface area contributed by atoms with E-state index in [0.717, 1.165) is 24.5 Å². The normalized spacial score (nSPS) is 12.6. The van der Waals surface area contributed by atoms with Gasteiger partial charge in [-0.3, -0.25) is 0 Å². The van der Waals surface area contributed by atoms with Crippen LogP contribution in [0.2, 0.25) is 0 Å². The molecule has 0 spiro atoms. The van der Waals surface area contributed by atoms with Crippen molar-refractivity contribution in [2.24, 2.45) is 11.8 Å². The Morgan fingerprint density at radius 1 is 0.609 bits per heavy atom. The van der Waals surface area contributed by atoms with Gasteiger partial charge in [0.25, 0.3) is 0 Å². The minimum atomic E-state index is 0.262. The highest BCUT2D eigenvalue weighted by atomic mass is 16.5. The number of benzene rings is 3. The third kappa shape index (κ3) is 10.5. The Labute approximate surface area is 274 Å². The summed E-state index contributed by atoms with van der Waals surface area (Å²) in [4.78, 5) is 0. The van der Waals surface area contributed by atoms with Crippen LogP contribution in [0.15, 0.2) is 97.3 Å². The predicted molar refractivity (Wildman–Crippen MR) is 184 cm³/mol. The minimum absolute atomic E-state index is 0.262. The topological polar surface area (TPSA) is 79.9 Å². The summed E-state index contributed by atoms with van der Waals surface area (Å²) in [6.07, 6.45) is 4.09. The molecule has 0 amide bonds. The summed E-state index contributed by atoms with van der Waals surface area (Å²) < 4.78 is 14.9. The van der Waals surface area contributed by atoms with E-state index < -0.39 is 0 Å². The zero-order valence-electron chi connectivity index (χ0n) is 28.3. The molecule has 8 heteroatoms. The highest BCUT2D eigenvalue weighted by Gasteiger charge is 2.22. The van der Waals surface area contributed by atoms with Gasteiger partial charge >= 0.3 is 0 Å². The van der Waals surface area contributed by atoms with Crippen LogP contribution in [0.4, 0.5) is 0 Å². The Morgan fingerprint density at radius 2 is 1.07 bits per heavy atom. The first-order chi connectivity index (χ1) is 22.4. The van der Waals surface area contributed by atoms with Gasteiger partial charge in [-0.2, -0.15) is 0 Å². The first-order valence-corrected chi connectivity index (χ1v) is 16.5. The molecule has 0 radical (unpaired) electrons. The molecule has 5 rings (SSSR count). The fourth-order valence-corrected chi connectivity index (χ4v) is 5.58. The minimum Gasteiger partial charge on any atom is -0.380 e. The summed E-state index contributed by atoms with van der Waals surface area (Å²) in [6.45, 7) is 17.1. The molecule has 0 aliphatic carbocycles. The van der Waals surface area contributed by atoms with Gasteiger partial charge in [0.1, 0.15) is 0 Å². The second kappa shape index (κ2) is 18.1. The molecule has 46 heavy (non-hydrogen) atoms. The highest BCUT2D eigenvalue weighted by molar-refractivity contribution is 5.28. The smallest absolute Gasteiger partial charge is 0.0904 e. The van der Waals surface area contributed by atoms with Crippen molar-refractivity contribution >= 4 is 0 Å². The number of hydrogen-bond acceptors (Lipinski definition) is 6. The van der Waals surface area contributed by atoms with Crippen molar-refractivity contribution in [1.29, 1.82) is 0 Å². The lowest BCUT2D eigenvalue weighted by Gasteiger charge is -2.18. The van der Waals surface area contributed by atoms with E-state index in [9.17, 15) is 0 Å². The highest BCUT2D eigenvalue weighted by Crippen LogP contribution is 2.31. The predicted octanol–water partition coefficient (Wildman–Crippen LogP) is 7.69. The first kappa shape index (κ1) is 34.7. The van der Waals surface area contributed by atoms with Gasteiger partial charge in [-0.15, -0.1) is 10.2 Å². The molecule has 2 atom stereocenters. The van der Waals surface area contributed by atoms with Crippen LogP contribution in [0.25, 0.3) is 0 Å². The van der Waals surface area contributed by atoms with Gasteiger partial charge in [-0.05, 0) is 42.4 Å². The van der Waals surface area contributed by atoms with Crippen molar-refractivity contribution < 1.29 is 9.47 Å². The maximum atomic E-state index is 5.78. The number of aryl methyl sites for hydroxylation is 1. The van der Waals surface area contributed by atoms with Crippen LogP contribution >= 0.6 is 0 Å². The molecule has 0 N–H and O–H groups in total. The van der Waals surface area contributed by atoms with Crippen LogP contribution in [0.5, 0.6) is 0 Å². The summed E-state index contributed by atoms with van der Waals surface area (Å²) in [7, 11) is 0. The number of nitrogens with zero attached hydrogens (tertiary/aromatic N) is 6. The quantitative estimate of drug-likeness (QED) is 0.111. The third-order valence-electron chi connectivity index (χ3n) is 7.92. The molecule has 8 nitrogen and oxygen atoms in total. The summed E-state index contributed by atoms with van der Waals surface area (Å²) in [6, 6.07) is 29.5. The Hall–Kier alpha value is -4.14. The van der Waals surface area contributed by atoms with Crippen molar-refractivity contribution in [2.45, 2.75) is 73.1 Å². The molecule has 2 unspecified atom stereocenters. The van der Waals surface area contributed by atoms with E-state index in [2.05, 4.69) is 128 Å². The lowest BCUT2D eigenvalue weighted by molar-refractivity contribution is 0.110. The van der Waals surface area contributed by atoms with Gasteiger partial charge < -0.3 is 9.47 Å². The summed E-state index contributed by atoms with van der Waals surface area (Å²) in [5.41, 5.74) is 7.08. The third-order valence-corrected chi connectivity index (χ3v) is 7.92. The monoisotopic (exact) mass is 622 g/mol. The van der Waals surface area contributed by atoms with Crippen molar-refractivity contribution in [2.75, 3.05) is 19.8 Å². The Balaban J connectivity index is 0.000000216. The van der Waals surface area contributed by atoms with Gasteiger partial charge in [-0.1, -0.05) is 129 Å². The van der Waals surface area contributed by atoms with Crippen LogP contribution in [0.3, 0.4) is 0 Å². The number of rotatable bonds is 15. The summed E-state index contributed by atoms with van der Waals surface area (Å²) >= 11 is 0. The van der Waals surface area contributed by atoms with E-state index in [1.165, 1.54) is 22.3 Å². The average molecular weight is 623 g/mol. The van der Waals surface area contributed by atoms with Crippen LogP contribution in [-0.4, -0.2) is 49.8 Å². The molecular weight excluding hydrogens is 572 g/mol. The van der Waals surface area contributed by atoms with Crippen molar-refractivity contribution in [3.05, 3.63) is 131 Å². The molecule has 5 aromatic rings. The molecular formula is C38H50N6O2. The Bertz CT molecular complexity index is 1530. The zero-order valence-corrected chi connectivity index (χ0v) is 28.3. The standard InChI is InChI=1S/C22H27N3O.C16H23N3O/c1-17(2)22(20-7-5-4-6-8-20)21-15-25(24-23-21)13-14-26-16-19-11-9-18(3)10-12-19;1-4-20-11-10-19-12-15(17-18-19)16(13(2)3)14-8-6-5-7-9-14/h4-12,15,17,22H,13-14,16H2,1-3H3;5-9,12-13,16H,4,10-11H2,1-3H3. The molecule has 0 aliphatic heterocycles. The second-order valence-corrected chi connectivity index (χ2v) is 12.3. The molecule has 2 aromatic heterocycles. The van der Waals surface area contributed by atoms with E-state index in [1.54, 1.807) is 0 Å². The van der Waals surface area contributed by atoms with Gasteiger partial charge in [0.2, 0.25) is 0 Å². The van der Waals surface area contributed by atoms with Crippen molar-refractivity contribution in [3.63, 3.8) is 0 Å². The number of ether oxygens (including phenoxy) is 2. The van der Waals surface area contributed by atoms with Crippen molar-refractivity contribution in [3.8, 4) is 0 Å². The molecule has 0 fully saturated rings. The Kier molecular flexibility index (Phi) is 13.7. The second-order valence-electron chi connectivity index (χ2n) is 12.3. The molecule has 0 aliphatic rings. The van der Waals surface area contributed by atoms with E-state index in [1.807, 2.05) is 40.8 Å². The summed E-state index contributed by atoms with van der Waals surface area (Å²) in [5.74, 6) is 1.49. The number of aromatic nitrogens is 6. The molecule has 0 bridgehead atoms. The maximum Gasteiger partial charge on any atom is 0.0904 e. The maximum absolute atomic E-state index is 5.78. The lowest BCUT2D eigenvalue weighted by atomic mass is 9.86. The molecule has 0 saturated heterocycles. The van der Waals surface area contributed by atoms with Crippen LogP contribution < -0.4 is 0 Å². The molecule has 0 saturated carbocycles. The van der Waals surface area contributed by atoms with E-state index in [4.69, 9.17) is 9.47 Å². The average Bonchev–Trinajstić information content (AvgIpc) is 3.72. The fraction of sp³-hybridized carbons (Fsp3) is 0.421. The van der Waals surface area contributed by atoms with Crippen LogP contribution in [0.1, 0.15) is 80.1 Å². The van der Waals surface area contributed by atoms with Gasteiger partial charge in [0.05, 0.1) is 44.3 Å². The molecule has 2 heterocycles. The van der Waals surface area contributed by atoms with Gasteiger partial charge in [0, 0.05) is 30.8 Å². The largest absolute Gasteiger partial charge is 0.380 e. The summed E-state index contributed by atoms with van der Waals surface area (Å²) in [5, 5.41) is 17.3.